The molecule has 2 heterocycles. The number of carbonyl (C=O) groups excluding carboxylic acids is 1. The van der Waals surface area contributed by atoms with Crippen molar-refractivity contribution in [2.24, 2.45) is 4.99 Å². The third-order valence-corrected chi connectivity index (χ3v) is 8.06. The Morgan fingerprint density at radius 3 is 2.24 bits per heavy atom. The minimum Gasteiger partial charge on any atom is -0.493 e. The second-order valence-corrected chi connectivity index (χ2v) is 10.9. The van der Waals surface area contributed by atoms with Gasteiger partial charge in [-0.05, 0) is 48.4 Å². The lowest BCUT2D eigenvalue weighted by molar-refractivity contribution is -0.138. The number of carbonyl (C=O) groups is 1. The van der Waals surface area contributed by atoms with Crippen molar-refractivity contribution in [3.8, 4) is 17.2 Å². The number of benzene rings is 3. The molecular weight excluding hydrogens is 608 g/mol. The van der Waals surface area contributed by atoms with E-state index in [1.807, 2.05) is 60.7 Å². The number of esters is 1. The molecule has 10 heteroatoms. The van der Waals surface area contributed by atoms with Crippen molar-refractivity contribution in [3.05, 3.63) is 113 Å². The van der Waals surface area contributed by atoms with Crippen LogP contribution < -0.4 is 29.1 Å². The van der Waals surface area contributed by atoms with Crippen molar-refractivity contribution in [3.63, 3.8) is 0 Å². The van der Waals surface area contributed by atoms with Crippen molar-refractivity contribution in [2.45, 2.75) is 13.0 Å². The smallest absolute Gasteiger partial charge is 0.338 e. The number of halogens is 1. The third-order valence-electron chi connectivity index (χ3n) is 6.54. The summed E-state index contributed by atoms with van der Waals surface area (Å²) in [6.45, 7) is 1.89. The van der Waals surface area contributed by atoms with E-state index in [-0.39, 0.29) is 17.7 Å². The van der Waals surface area contributed by atoms with Crippen molar-refractivity contribution in [1.82, 2.24) is 4.57 Å². The number of rotatable bonds is 8. The van der Waals surface area contributed by atoms with Gasteiger partial charge in [-0.3, -0.25) is 9.36 Å². The van der Waals surface area contributed by atoms with Crippen molar-refractivity contribution < 1.29 is 23.7 Å². The largest absolute Gasteiger partial charge is 0.493 e. The molecular formula is C31H27BrN2O6S. The number of aromatic nitrogens is 1. The Morgan fingerprint density at radius 1 is 1.00 bits per heavy atom. The van der Waals surface area contributed by atoms with E-state index in [1.165, 1.54) is 37.2 Å². The Labute approximate surface area is 248 Å². The minimum atomic E-state index is -0.888. The lowest BCUT2D eigenvalue weighted by Crippen LogP contribution is -2.40. The predicted molar refractivity (Wildman–Crippen MR) is 161 cm³/mol. The van der Waals surface area contributed by atoms with Crippen LogP contribution in [0, 0.1) is 0 Å². The molecule has 0 fully saturated rings. The van der Waals surface area contributed by atoms with Crippen molar-refractivity contribution >= 4 is 45.0 Å². The normalized spacial score (nSPS) is 14.8. The molecule has 0 N–H and O–H groups in total. The van der Waals surface area contributed by atoms with E-state index in [9.17, 15) is 9.59 Å². The number of nitrogens with zero attached hydrogens (tertiary/aromatic N) is 2. The molecule has 5 rings (SSSR count). The van der Waals surface area contributed by atoms with Crippen LogP contribution in [0.1, 0.15) is 29.7 Å². The van der Waals surface area contributed by atoms with E-state index in [1.54, 1.807) is 19.1 Å². The Kier molecular flexibility index (Phi) is 8.41. The fourth-order valence-corrected chi connectivity index (χ4v) is 5.99. The molecule has 8 nitrogen and oxygen atoms in total. The van der Waals surface area contributed by atoms with E-state index >= 15 is 0 Å². The lowest BCUT2D eigenvalue weighted by atomic mass is 9.92. The molecule has 1 unspecified atom stereocenters. The molecule has 0 saturated heterocycles. The topological polar surface area (TPSA) is 88.4 Å². The van der Waals surface area contributed by atoms with E-state index in [0.29, 0.717) is 37.8 Å². The van der Waals surface area contributed by atoms with E-state index in [2.05, 4.69) is 15.9 Å². The van der Waals surface area contributed by atoms with Crippen LogP contribution in [0.25, 0.3) is 11.8 Å². The number of methoxy groups -OCH3 is 3. The highest BCUT2D eigenvalue weighted by molar-refractivity contribution is 9.10. The molecule has 41 heavy (non-hydrogen) atoms. The van der Waals surface area contributed by atoms with Crippen LogP contribution in [0.5, 0.6) is 17.2 Å². The quantitative estimate of drug-likeness (QED) is 0.261. The van der Waals surface area contributed by atoms with Gasteiger partial charge in [-0.25, -0.2) is 9.79 Å². The van der Waals surface area contributed by atoms with E-state index in [0.717, 1.165) is 15.6 Å². The second kappa shape index (κ2) is 12.2. The Balaban J connectivity index is 1.87. The van der Waals surface area contributed by atoms with Gasteiger partial charge in [-0.15, -0.1) is 0 Å². The van der Waals surface area contributed by atoms with Crippen molar-refractivity contribution in [2.75, 3.05) is 27.9 Å². The van der Waals surface area contributed by atoms with E-state index in [4.69, 9.17) is 23.9 Å². The Bertz CT molecular complexity index is 1790. The molecule has 1 aliphatic heterocycles. The zero-order valence-corrected chi connectivity index (χ0v) is 25.2. The number of hydrogen-bond acceptors (Lipinski definition) is 8. The van der Waals surface area contributed by atoms with Crippen LogP contribution in [0.2, 0.25) is 0 Å². The highest BCUT2D eigenvalue weighted by Crippen LogP contribution is 2.43. The second-order valence-electron chi connectivity index (χ2n) is 8.94. The van der Waals surface area contributed by atoms with E-state index < -0.39 is 12.0 Å². The first-order chi connectivity index (χ1) is 19.9. The SMILES string of the molecule is CCOC(=O)C1=C(c2ccccc2)N=c2s/c(=C/c3ccc(Br)cc3)c(=O)n2C1c1cc(OC)c(OC)c(OC)c1. The van der Waals surface area contributed by atoms with Gasteiger partial charge in [0.15, 0.2) is 16.3 Å². The summed E-state index contributed by atoms with van der Waals surface area (Å²) in [6, 6.07) is 19.6. The fourth-order valence-electron chi connectivity index (χ4n) is 4.73. The van der Waals surface area contributed by atoms with Gasteiger partial charge in [0.05, 0.1) is 49.8 Å². The van der Waals surface area contributed by atoms with Gasteiger partial charge in [-0.1, -0.05) is 69.7 Å². The van der Waals surface area contributed by atoms with Gasteiger partial charge in [0.25, 0.3) is 5.56 Å². The molecule has 210 valence electrons. The molecule has 0 spiro atoms. The Hall–Kier alpha value is -4.15. The molecule has 1 aliphatic rings. The molecule has 0 amide bonds. The molecule has 0 bridgehead atoms. The summed E-state index contributed by atoms with van der Waals surface area (Å²) in [5.41, 5.74) is 2.52. The summed E-state index contributed by atoms with van der Waals surface area (Å²) in [5.74, 6) is 0.600. The van der Waals surface area contributed by atoms with Gasteiger partial charge < -0.3 is 18.9 Å². The fraction of sp³-hybridized carbons (Fsp3) is 0.194. The first-order valence-electron chi connectivity index (χ1n) is 12.7. The average Bonchev–Trinajstić information content (AvgIpc) is 3.31. The standard InChI is InChI=1S/C31H27BrN2O6S/c1-5-40-30(36)25-26(19-9-7-6-8-10-19)33-31-34(29(35)24(41-31)15-18-11-13-21(32)14-12-18)27(25)20-16-22(37-2)28(39-4)23(17-20)38-3/h6-17,27H,5H2,1-4H3/b24-15+. The number of fused-ring (bicyclic) bond motifs is 1. The zero-order valence-electron chi connectivity index (χ0n) is 22.8. The van der Waals surface area contributed by atoms with Gasteiger partial charge in [0.2, 0.25) is 5.75 Å². The summed E-state index contributed by atoms with van der Waals surface area (Å²) in [6.07, 6.45) is 1.82. The monoisotopic (exact) mass is 634 g/mol. The van der Waals surface area contributed by atoms with Crippen molar-refractivity contribution in [1.29, 1.82) is 0 Å². The van der Waals surface area contributed by atoms with Gasteiger partial charge in [-0.2, -0.15) is 0 Å². The van der Waals surface area contributed by atoms with Crippen LogP contribution in [0.15, 0.2) is 86.6 Å². The average molecular weight is 636 g/mol. The van der Waals surface area contributed by atoms with Gasteiger partial charge >= 0.3 is 5.97 Å². The maximum absolute atomic E-state index is 14.1. The summed E-state index contributed by atoms with van der Waals surface area (Å²) in [5, 5.41) is 0. The number of ether oxygens (including phenoxy) is 4. The van der Waals surface area contributed by atoms with Crippen LogP contribution in [-0.2, 0) is 9.53 Å². The molecule has 0 aliphatic carbocycles. The highest BCUT2D eigenvalue weighted by Gasteiger charge is 2.36. The maximum atomic E-state index is 14.1. The maximum Gasteiger partial charge on any atom is 0.338 e. The third kappa shape index (κ3) is 5.45. The van der Waals surface area contributed by atoms with Crippen LogP contribution in [0.4, 0.5) is 0 Å². The molecule has 0 radical (unpaired) electrons. The lowest BCUT2D eigenvalue weighted by Gasteiger charge is -2.27. The zero-order chi connectivity index (χ0) is 29.1. The Morgan fingerprint density at radius 2 is 1.66 bits per heavy atom. The summed E-state index contributed by atoms with van der Waals surface area (Å²) >= 11 is 4.71. The summed E-state index contributed by atoms with van der Waals surface area (Å²) in [7, 11) is 4.55. The van der Waals surface area contributed by atoms with Crippen LogP contribution in [-0.4, -0.2) is 38.5 Å². The molecule has 1 atom stereocenters. The minimum absolute atomic E-state index is 0.153. The van der Waals surface area contributed by atoms with Crippen LogP contribution in [0.3, 0.4) is 0 Å². The molecule has 3 aromatic carbocycles. The predicted octanol–water partition coefficient (Wildman–Crippen LogP) is 4.72. The number of thiazole rings is 1. The first kappa shape index (κ1) is 28.4. The highest BCUT2D eigenvalue weighted by atomic mass is 79.9. The molecule has 1 aromatic heterocycles. The first-order valence-corrected chi connectivity index (χ1v) is 14.3. The molecule has 4 aromatic rings. The number of hydrogen-bond donors (Lipinski definition) is 0. The summed E-state index contributed by atoms with van der Waals surface area (Å²) < 4.78 is 25.3. The molecule has 0 saturated carbocycles. The van der Waals surface area contributed by atoms with Gasteiger partial charge in [0, 0.05) is 10.0 Å². The summed E-state index contributed by atoms with van der Waals surface area (Å²) in [4.78, 5) is 33.1. The van der Waals surface area contributed by atoms with Gasteiger partial charge in [0.1, 0.15) is 0 Å². The van der Waals surface area contributed by atoms with Crippen LogP contribution >= 0.6 is 27.3 Å².